The fourth-order valence-electron chi connectivity index (χ4n) is 4.52. The van der Waals surface area contributed by atoms with E-state index in [2.05, 4.69) is 12.1 Å². The molecule has 2 aliphatic rings. The zero-order valence-corrected chi connectivity index (χ0v) is 16.0. The van der Waals surface area contributed by atoms with Crippen LogP contribution < -0.4 is 5.48 Å². The molecule has 152 valence electrons. The van der Waals surface area contributed by atoms with E-state index in [1.165, 1.54) is 17.5 Å². The van der Waals surface area contributed by atoms with Crippen LogP contribution in [0.5, 0.6) is 0 Å². The minimum absolute atomic E-state index is 0.0801. The van der Waals surface area contributed by atoms with E-state index in [4.69, 9.17) is 5.21 Å². The number of hydroxylamine groups is 1. The van der Waals surface area contributed by atoms with Gasteiger partial charge in [0.15, 0.2) is 0 Å². The summed E-state index contributed by atoms with van der Waals surface area (Å²) in [5.41, 5.74) is 2.86. The molecule has 8 heteroatoms. The van der Waals surface area contributed by atoms with Gasteiger partial charge in [0.2, 0.25) is 11.8 Å². The fraction of sp³-hybridized carbons (Fsp3) is 0.550. The summed E-state index contributed by atoms with van der Waals surface area (Å²) < 4.78 is 0. The van der Waals surface area contributed by atoms with Crippen molar-refractivity contribution in [2.24, 2.45) is 11.8 Å². The number of carbonyl (C=O) groups excluding carboxylic acids is 2. The number of carbonyl (C=O) groups is 3. The molecule has 8 nitrogen and oxygen atoms in total. The lowest BCUT2D eigenvalue weighted by Crippen LogP contribution is -2.50. The molecule has 28 heavy (non-hydrogen) atoms. The van der Waals surface area contributed by atoms with Crippen LogP contribution in [0.1, 0.15) is 37.2 Å². The summed E-state index contributed by atoms with van der Waals surface area (Å²) in [5, 5.41) is 18.3. The van der Waals surface area contributed by atoms with Gasteiger partial charge in [0.1, 0.15) is 0 Å². The number of likely N-dealkylation sites (tertiary alicyclic amines) is 1. The van der Waals surface area contributed by atoms with Gasteiger partial charge in [-0.2, -0.15) is 0 Å². The van der Waals surface area contributed by atoms with Crippen molar-refractivity contribution in [3.63, 3.8) is 0 Å². The van der Waals surface area contributed by atoms with Crippen LogP contribution in [-0.4, -0.2) is 64.2 Å². The van der Waals surface area contributed by atoms with Crippen LogP contribution in [0, 0.1) is 11.8 Å². The fourth-order valence-corrected chi connectivity index (χ4v) is 4.52. The molecule has 0 bridgehead atoms. The smallest absolute Gasteiger partial charge is 0.407 e. The third-order valence-corrected chi connectivity index (χ3v) is 6.21. The van der Waals surface area contributed by atoms with Crippen LogP contribution in [-0.2, 0) is 9.59 Å². The molecule has 3 amide bonds. The van der Waals surface area contributed by atoms with E-state index in [0.717, 1.165) is 6.42 Å². The Morgan fingerprint density at radius 2 is 1.82 bits per heavy atom. The molecule has 1 unspecified atom stereocenters. The minimum atomic E-state index is -1.07. The van der Waals surface area contributed by atoms with Gasteiger partial charge >= 0.3 is 6.09 Å². The van der Waals surface area contributed by atoms with Crippen LogP contribution in [0.2, 0.25) is 0 Å². The van der Waals surface area contributed by atoms with Gasteiger partial charge in [-0.05, 0) is 31.2 Å². The topological polar surface area (TPSA) is 110 Å². The first kappa shape index (κ1) is 20.1. The quantitative estimate of drug-likeness (QED) is 0.538. The molecule has 1 aliphatic carbocycles. The van der Waals surface area contributed by atoms with E-state index < -0.39 is 23.8 Å². The van der Waals surface area contributed by atoms with Crippen molar-refractivity contribution in [3.05, 3.63) is 35.9 Å². The predicted octanol–water partition coefficient (Wildman–Crippen LogP) is 1.90. The molecule has 3 N–H and O–H groups in total. The number of hydrogen-bond acceptors (Lipinski definition) is 4. The molecule has 0 spiro atoms. The monoisotopic (exact) mass is 389 g/mol. The second-order valence-electron chi connectivity index (χ2n) is 7.73. The van der Waals surface area contributed by atoms with E-state index in [9.17, 15) is 19.5 Å². The number of nitrogens with zero attached hydrogens (tertiary/aromatic N) is 2. The number of rotatable bonds is 4. The predicted molar refractivity (Wildman–Crippen MR) is 101 cm³/mol. The summed E-state index contributed by atoms with van der Waals surface area (Å²) in [5.74, 6) is -1.71. The third kappa shape index (κ3) is 4.11. The minimum Gasteiger partial charge on any atom is -0.465 e. The lowest BCUT2D eigenvalue weighted by atomic mass is 9.75. The average Bonchev–Trinajstić information content (AvgIpc) is 3.22. The Bertz CT molecular complexity index is 726. The second kappa shape index (κ2) is 8.60. The van der Waals surface area contributed by atoms with Gasteiger partial charge in [-0.15, -0.1) is 0 Å². The number of benzene rings is 1. The van der Waals surface area contributed by atoms with Crippen LogP contribution in [0.3, 0.4) is 0 Å². The highest BCUT2D eigenvalue weighted by Crippen LogP contribution is 2.36. The van der Waals surface area contributed by atoms with Gasteiger partial charge in [0, 0.05) is 38.0 Å². The van der Waals surface area contributed by atoms with Crippen LogP contribution in [0.15, 0.2) is 30.3 Å². The van der Waals surface area contributed by atoms with Crippen molar-refractivity contribution in [1.29, 1.82) is 0 Å². The zero-order valence-electron chi connectivity index (χ0n) is 16.0. The number of carboxylic acid groups (broad SMARTS) is 1. The maximum atomic E-state index is 13.2. The lowest BCUT2D eigenvalue weighted by Gasteiger charge is -2.38. The first-order valence-electron chi connectivity index (χ1n) is 9.65. The number of amides is 3. The Kier molecular flexibility index (Phi) is 6.18. The number of nitrogens with one attached hydrogen (secondary N) is 1. The molecule has 1 aromatic carbocycles. The molecular formula is C20H27N3O5. The van der Waals surface area contributed by atoms with E-state index >= 15 is 0 Å². The molecule has 1 heterocycles. The maximum absolute atomic E-state index is 13.2. The van der Waals surface area contributed by atoms with Crippen molar-refractivity contribution in [2.45, 2.75) is 37.6 Å². The molecule has 1 saturated heterocycles. The molecule has 1 aliphatic heterocycles. The highest BCUT2D eigenvalue weighted by atomic mass is 16.5. The van der Waals surface area contributed by atoms with Gasteiger partial charge in [-0.3, -0.25) is 14.8 Å². The van der Waals surface area contributed by atoms with E-state index in [-0.39, 0.29) is 24.3 Å². The molecule has 4 atom stereocenters. The van der Waals surface area contributed by atoms with E-state index in [0.29, 0.717) is 25.9 Å². The van der Waals surface area contributed by atoms with Crippen molar-refractivity contribution in [1.82, 2.24) is 15.3 Å². The molecule has 3 rings (SSSR count). The molecule has 1 aromatic rings. The van der Waals surface area contributed by atoms with Crippen LogP contribution >= 0.6 is 0 Å². The first-order valence-corrected chi connectivity index (χ1v) is 9.65. The van der Waals surface area contributed by atoms with E-state index in [1.54, 1.807) is 10.4 Å². The standard InChI is InChI=1S/C20H27N3O5/c1-22(20(26)27)15-7-8-16(17(11-15)18(24)21-28)19(25)23-10-9-14(12-23)13-5-3-2-4-6-13/h2-6,14-17,28H,7-12H2,1H3,(H,21,24)(H,26,27)/t14-,15?,16-,17-/m0/s1. The van der Waals surface area contributed by atoms with Gasteiger partial charge in [0.25, 0.3) is 0 Å². The van der Waals surface area contributed by atoms with Gasteiger partial charge in [-0.25, -0.2) is 10.3 Å². The molecule has 2 fully saturated rings. The summed E-state index contributed by atoms with van der Waals surface area (Å²) in [6.45, 7) is 1.26. The summed E-state index contributed by atoms with van der Waals surface area (Å²) in [6, 6.07) is 9.72. The Morgan fingerprint density at radius 3 is 2.46 bits per heavy atom. The Labute approximate surface area is 164 Å². The lowest BCUT2D eigenvalue weighted by molar-refractivity contribution is -0.147. The molecule has 0 radical (unpaired) electrons. The van der Waals surface area contributed by atoms with Gasteiger partial charge in [-0.1, -0.05) is 30.3 Å². The SMILES string of the molecule is CN(C(=O)O)C1CC[C@H](C(=O)N2CC[C@H](c3ccccc3)C2)[C@@H](C(=O)NO)C1. The highest BCUT2D eigenvalue weighted by Gasteiger charge is 2.43. The normalized spacial score (nSPS) is 27.3. The summed E-state index contributed by atoms with van der Waals surface area (Å²) in [6.07, 6.45) is 0.977. The Hall–Kier alpha value is -2.61. The summed E-state index contributed by atoms with van der Waals surface area (Å²) in [7, 11) is 1.47. The van der Waals surface area contributed by atoms with Crippen molar-refractivity contribution in [3.8, 4) is 0 Å². The number of hydrogen-bond donors (Lipinski definition) is 3. The first-order chi connectivity index (χ1) is 13.4. The van der Waals surface area contributed by atoms with E-state index in [1.807, 2.05) is 18.2 Å². The average molecular weight is 389 g/mol. The summed E-state index contributed by atoms with van der Waals surface area (Å²) >= 11 is 0. The zero-order chi connectivity index (χ0) is 20.3. The Morgan fingerprint density at radius 1 is 1.11 bits per heavy atom. The van der Waals surface area contributed by atoms with Crippen molar-refractivity contribution in [2.75, 3.05) is 20.1 Å². The second-order valence-corrected chi connectivity index (χ2v) is 7.73. The largest absolute Gasteiger partial charge is 0.465 e. The molecular weight excluding hydrogens is 362 g/mol. The third-order valence-electron chi connectivity index (χ3n) is 6.21. The summed E-state index contributed by atoms with van der Waals surface area (Å²) in [4.78, 5) is 39.6. The Balaban J connectivity index is 1.69. The van der Waals surface area contributed by atoms with Crippen LogP contribution in [0.4, 0.5) is 4.79 Å². The van der Waals surface area contributed by atoms with Gasteiger partial charge in [0.05, 0.1) is 5.92 Å². The van der Waals surface area contributed by atoms with Crippen LogP contribution in [0.25, 0.3) is 0 Å². The molecule has 0 aromatic heterocycles. The maximum Gasteiger partial charge on any atom is 0.407 e. The highest BCUT2D eigenvalue weighted by molar-refractivity contribution is 5.87. The van der Waals surface area contributed by atoms with Crippen molar-refractivity contribution < 1.29 is 24.7 Å². The molecule has 1 saturated carbocycles. The van der Waals surface area contributed by atoms with Gasteiger partial charge < -0.3 is 14.9 Å². The van der Waals surface area contributed by atoms with Crippen molar-refractivity contribution >= 4 is 17.9 Å².